The highest BCUT2D eigenvalue weighted by atomic mass is 79.9. The normalized spacial score (nSPS) is 12.0. The number of carbonyl (C=O) groups excluding carboxylic acids is 1. The van der Waals surface area contributed by atoms with Crippen LogP contribution in [0.3, 0.4) is 0 Å². The monoisotopic (exact) mass is 619 g/mol. The van der Waals surface area contributed by atoms with E-state index in [1.54, 1.807) is 4.57 Å². The van der Waals surface area contributed by atoms with E-state index in [0.717, 1.165) is 56.4 Å². The summed E-state index contributed by atoms with van der Waals surface area (Å²) in [5.41, 5.74) is 1.31. The molecule has 3 nitrogen and oxygen atoms in total. The van der Waals surface area contributed by atoms with Gasteiger partial charge in [-0.25, -0.2) is 9.36 Å². The van der Waals surface area contributed by atoms with Crippen LogP contribution < -0.4 is 0 Å². The fourth-order valence-electron chi connectivity index (χ4n) is 5.20. The van der Waals surface area contributed by atoms with Gasteiger partial charge in [0.05, 0.1) is 11.0 Å². The number of halogens is 2. The minimum absolute atomic E-state index is 0.273. The van der Waals surface area contributed by atoms with E-state index in [4.69, 9.17) is 4.74 Å². The molecular formula is C31H43Br2NO2. The Morgan fingerprint density at radius 1 is 0.722 bits per heavy atom. The number of fused-ring (bicyclic) bond motifs is 3. The van der Waals surface area contributed by atoms with Crippen molar-refractivity contribution in [3.63, 3.8) is 0 Å². The molecule has 0 radical (unpaired) electrons. The first kappa shape index (κ1) is 29.2. The van der Waals surface area contributed by atoms with Crippen LogP contribution in [-0.4, -0.2) is 16.3 Å². The summed E-state index contributed by atoms with van der Waals surface area (Å²) < 4.78 is 10.1. The average Bonchev–Trinajstić information content (AvgIpc) is 3.16. The number of hydrogen-bond donors (Lipinski definition) is 0. The molecule has 0 amide bonds. The van der Waals surface area contributed by atoms with Gasteiger partial charge in [0, 0.05) is 19.7 Å². The number of hydrogen-bond acceptors (Lipinski definition) is 2. The molecule has 0 saturated carbocycles. The molecule has 198 valence electrons. The summed E-state index contributed by atoms with van der Waals surface area (Å²) in [4.78, 5) is 13.8. The van der Waals surface area contributed by atoms with Gasteiger partial charge in [-0.2, -0.15) is 0 Å². The number of ether oxygens (including phenoxy) is 1. The Balaban J connectivity index is 1.80. The maximum absolute atomic E-state index is 13.8. The van der Waals surface area contributed by atoms with Crippen LogP contribution in [0.4, 0.5) is 4.79 Å². The Hall–Kier alpha value is -1.33. The molecule has 0 atom stereocenters. The van der Waals surface area contributed by atoms with Crippen molar-refractivity contribution in [2.45, 2.75) is 116 Å². The molecule has 3 rings (SSSR count). The van der Waals surface area contributed by atoms with E-state index < -0.39 is 5.60 Å². The van der Waals surface area contributed by atoms with E-state index in [9.17, 15) is 4.79 Å². The summed E-state index contributed by atoms with van der Waals surface area (Å²) in [5, 5.41) is 2.12. The second kappa shape index (κ2) is 14.6. The Morgan fingerprint density at radius 2 is 1.14 bits per heavy atom. The third-order valence-electron chi connectivity index (χ3n) is 7.33. The Bertz CT molecular complexity index is 1050. The van der Waals surface area contributed by atoms with Crippen molar-refractivity contribution in [3.8, 4) is 0 Å². The molecule has 0 aliphatic heterocycles. The van der Waals surface area contributed by atoms with Gasteiger partial charge >= 0.3 is 6.09 Å². The Morgan fingerprint density at radius 3 is 1.58 bits per heavy atom. The molecular weight excluding hydrogens is 578 g/mol. The third kappa shape index (κ3) is 8.08. The first-order chi connectivity index (χ1) is 17.4. The highest BCUT2D eigenvalue weighted by Gasteiger charge is 2.30. The van der Waals surface area contributed by atoms with Crippen LogP contribution in [0.5, 0.6) is 0 Å². The zero-order chi connectivity index (χ0) is 26.0. The molecule has 1 heterocycles. The van der Waals surface area contributed by atoms with Gasteiger partial charge in [-0.15, -0.1) is 0 Å². The maximum atomic E-state index is 13.8. The summed E-state index contributed by atoms with van der Waals surface area (Å²) in [7, 11) is 0. The predicted molar refractivity (Wildman–Crippen MR) is 161 cm³/mol. The molecule has 2 aromatic carbocycles. The van der Waals surface area contributed by atoms with Crippen LogP contribution >= 0.6 is 31.9 Å². The lowest BCUT2D eigenvalue weighted by Gasteiger charge is -2.30. The molecule has 5 heteroatoms. The van der Waals surface area contributed by atoms with Crippen molar-refractivity contribution in [1.29, 1.82) is 0 Å². The van der Waals surface area contributed by atoms with Gasteiger partial charge in [-0.3, -0.25) is 0 Å². The number of rotatable bonds is 15. The molecule has 0 unspecified atom stereocenters. The number of nitrogens with zero attached hydrogens (tertiary/aromatic N) is 1. The van der Waals surface area contributed by atoms with E-state index in [1.165, 1.54) is 64.2 Å². The van der Waals surface area contributed by atoms with Gasteiger partial charge < -0.3 is 4.74 Å². The molecule has 0 saturated heterocycles. The fourth-order valence-corrected chi connectivity index (χ4v) is 5.90. The minimum Gasteiger partial charge on any atom is -0.443 e. The van der Waals surface area contributed by atoms with E-state index in [0.29, 0.717) is 0 Å². The SMILES string of the molecule is CCCCCCCCC(C)(CCCCCCCC)OC(=O)n1c2cc(Br)ccc2c2ccc(Br)cc21. The number of benzene rings is 2. The molecule has 0 aliphatic carbocycles. The molecule has 1 aromatic heterocycles. The second-order valence-electron chi connectivity index (χ2n) is 10.5. The Kier molecular flexibility index (Phi) is 11.8. The predicted octanol–water partition coefficient (Wildman–Crippen LogP) is 11.6. The van der Waals surface area contributed by atoms with Gasteiger partial charge in [-0.1, -0.05) is 122 Å². The number of carbonyl (C=O) groups is 1. The van der Waals surface area contributed by atoms with Crippen molar-refractivity contribution in [1.82, 2.24) is 4.57 Å². The van der Waals surface area contributed by atoms with Gasteiger partial charge in [0.15, 0.2) is 0 Å². The smallest absolute Gasteiger partial charge is 0.419 e. The van der Waals surface area contributed by atoms with E-state index >= 15 is 0 Å². The molecule has 0 N–H and O–H groups in total. The van der Waals surface area contributed by atoms with Crippen molar-refractivity contribution < 1.29 is 9.53 Å². The molecule has 0 bridgehead atoms. The van der Waals surface area contributed by atoms with Crippen molar-refractivity contribution in [2.75, 3.05) is 0 Å². The molecule has 3 aromatic rings. The zero-order valence-electron chi connectivity index (χ0n) is 22.4. The average molecular weight is 621 g/mol. The molecule has 0 fully saturated rings. The van der Waals surface area contributed by atoms with E-state index in [2.05, 4.69) is 64.8 Å². The van der Waals surface area contributed by atoms with Crippen LogP contribution in [0.2, 0.25) is 0 Å². The maximum Gasteiger partial charge on any atom is 0.419 e. The van der Waals surface area contributed by atoms with Crippen LogP contribution in [0.15, 0.2) is 45.3 Å². The van der Waals surface area contributed by atoms with Gasteiger partial charge in [0.2, 0.25) is 0 Å². The molecule has 0 spiro atoms. The first-order valence-electron chi connectivity index (χ1n) is 14.0. The van der Waals surface area contributed by atoms with Crippen LogP contribution in [0.1, 0.15) is 111 Å². The second-order valence-corrected chi connectivity index (χ2v) is 12.3. The van der Waals surface area contributed by atoms with Crippen LogP contribution in [0, 0.1) is 0 Å². The third-order valence-corrected chi connectivity index (χ3v) is 8.31. The largest absolute Gasteiger partial charge is 0.443 e. The number of unbranched alkanes of at least 4 members (excludes halogenated alkanes) is 10. The van der Waals surface area contributed by atoms with Gasteiger partial charge in [0.1, 0.15) is 5.60 Å². The van der Waals surface area contributed by atoms with Crippen LogP contribution in [0.25, 0.3) is 21.8 Å². The highest BCUT2D eigenvalue weighted by molar-refractivity contribution is 9.10. The van der Waals surface area contributed by atoms with Crippen molar-refractivity contribution in [3.05, 3.63) is 45.3 Å². The summed E-state index contributed by atoms with van der Waals surface area (Å²) in [6.07, 6.45) is 16.5. The van der Waals surface area contributed by atoms with E-state index in [-0.39, 0.29) is 6.09 Å². The quantitative estimate of drug-likeness (QED) is 0.158. The van der Waals surface area contributed by atoms with Gasteiger partial charge in [0.25, 0.3) is 0 Å². The zero-order valence-corrected chi connectivity index (χ0v) is 25.6. The van der Waals surface area contributed by atoms with Crippen molar-refractivity contribution in [2.24, 2.45) is 0 Å². The van der Waals surface area contributed by atoms with Crippen LogP contribution in [-0.2, 0) is 4.74 Å². The van der Waals surface area contributed by atoms with Crippen molar-refractivity contribution >= 4 is 59.8 Å². The summed E-state index contributed by atoms with van der Waals surface area (Å²) in [6.45, 7) is 6.66. The number of aromatic nitrogens is 1. The standard InChI is InChI=1S/C31H43Br2NO2/c1-4-6-8-10-12-14-20-31(3,21-15-13-11-9-7-5-2)36-30(35)34-28-22-24(32)16-18-26(28)27-19-17-25(33)23-29(27)34/h16-19,22-23H,4-15,20-21H2,1-3H3. The highest BCUT2D eigenvalue weighted by Crippen LogP contribution is 2.35. The molecule has 36 heavy (non-hydrogen) atoms. The fraction of sp³-hybridized carbons (Fsp3) is 0.581. The van der Waals surface area contributed by atoms with Gasteiger partial charge in [-0.05, 0) is 56.9 Å². The lowest BCUT2D eigenvalue weighted by atomic mass is 9.91. The van der Waals surface area contributed by atoms with E-state index in [1.807, 2.05) is 24.3 Å². The summed E-state index contributed by atoms with van der Waals surface area (Å²) in [5.74, 6) is 0. The lowest BCUT2D eigenvalue weighted by Crippen LogP contribution is -2.33. The summed E-state index contributed by atoms with van der Waals surface area (Å²) >= 11 is 7.19. The Labute approximate surface area is 234 Å². The lowest BCUT2D eigenvalue weighted by molar-refractivity contribution is 0.0101. The minimum atomic E-state index is -0.451. The first-order valence-corrected chi connectivity index (χ1v) is 15.6. The summed E-state index contributed by atoms with van der Waals surface area (Å²) in [6, 6.07) is 12.2. The molecule has 0 aliphatic rings. The topological polar surface area (TPSA) is 31.2 Å².